The lowest BCUT2D eigenvalue weighted by atomic mass is 9.96. The third-order valence-electron chi connectivity index (χ3n) is 2.55. The zero-order valence-corrected chi connectivity index (χ0v) is 9.52. The van der Waals surface area contributed by atoms with Crippen LogP contribution in [0.4, 0.5) is 0 Å². The van der Waals surface area contributed by atoms with Crippen molar-refractivity contribution in [3.8, 4) is 0 Å². The van der Waals surface area contributed by atoms with Crippen LogP contribution in [0.15, 0.2) is 17.8 Å². The zero-order chi connectivity index (χ0) is 11.3. The van der Waals surface area contributed by atoms with Crippen molar-refractivity contribution in [2.75, 3.05) is 27.2 Å². The first kappa shape index (κ1) is 11.8. The van der Waals surface area contributed by atoms with Gasteiger partial charge in [0.2, 0.25) is 5.91 Å². The summed E-state index contributed by atoms with van der Waals surface area (Å²) in [7, 11) is 3.72. The van der Waals surface area contributed by atoms with E-state index in [9.17, 15) is 4.79 Å². The molecule has 4 nitrogen and oxygen atoms in total. The molecule has 0 atom stereocenters. The summed E-state index contributed by atoms with van der Waals surface area (Å²) >= 11 is 0. The van der Waals surface area contributed by atoms with Crippen molar-refractivity contribution < 1.29 is 4.79 Å². The molecule has 0 aromatic carbocycles. The highest BCUT2D eigenvalue weighted by Crippen LogP contribution is 2.18. The van der Waals surface area contributed by atoms with Crippen molar-refractivity contribution in [2.45, 2.75) is 12.8 Å². The van der Waals surface area contributed by atoms with Gasteiger partial charge in [-0.25, -0.2) is 4.99 Å². The molecule has 1 aliphatic heterocycles. The summed E-state index contributed by atoms with van der Waals surface area (Å²) in [5, 5.41) is 0. The summed E-state index contributed by atoms with van der Waals surface area (Å²) in [5.41, 5.74) is 0. The summed E-state index contributed by atoms with van der Waals surface area (Å²) in [5.74, 6) is 0.102. The summed E-state index contributed by atoms with van der Waals surface area (Å²) in [6, 6.07) is 0. The van der Waals surface area contributed by atoms with Crippen LogP contribution in [0.25, 0.3) is 0 Å². The Hall–Kier alpha value is -1.32. The van der Waals surface area contributed by atoms with E-state index < -0.39 is 0 Å². The normalized spacial score (nSPS) is 18.1. The van der Waals surface area contributed by atoms with Gasteiger partial charge >= 0.3 is 0 Å². The number of rotatable bonds is 3. The Labute approximate surface area is 91.3 Å². The van der Waals surface area contributed by atoms with Crippen LogP contribution in [0.2, 0.25) is 0 Å². The largest absolute Gasteiger partial charge is 0.378 e. The third kappa shape index (κ3) is 3.73. The molecular weight excluding hydrogens is 190 g/mol. The second-order valence-electron chi connectivity index (χ2n) is 4.04. The molecule has 1 saturated heterocycles. The summed E-state index contributed by atoms with van der Waals surface area (Å²) in [6.07, 6.45) is 5.18. The summed E-state index contributed by atoms with van der Waals surface area (Å²) in [6.45, 7) is 5.55. The molecular formula is C11H19N3O. The molecule has 0 aromatic rings. The number of hydrogen-bond acceptors (Lipinski definition) is 2. The van der Waals surface area contributed by atoms with Crippen LogP contribution >= 0.6 is 0 Å². The van der Waals surface area contributed by atoms with Gasteiger partial charge in [0.1, 0.15) is 0 Å². The van der Waals surface area contributed by atoms with E-state index in [1.807, 2.05) is 20.3 Å². The van der Waals surface area contributed by atoms with E-state index in [2.05, 4.69) is 16.5 Å². The van der Waals surface area contributed by atoms with E-state index in [-0.39, 0.29) is 11.8 Å². The molecule has 0 radical (unpaired) electrons. The first-order valence-electron chi connectivity index (χ1n) is 5.24. The van der Waals surface area contributed by atoms with Crippen molar-refractivity contribution in [3.05, 3.63) is 12.8 Å². The number of nitrogens with zero attached hydrogens (tertiary/aromatic N) is 3. The zero-order valence-electron chi connectivity index (χ0n) is 9.52. The van der Waals surface area contributed by atoms with E-state index >= 15 is 0 Å². The topological polar surface area (TPSA) is 35.9 Å². The molecule has 1 aliphatic rings. The summed E-state index contributed by atoms with van der Waals surface area (Å²) < 4.78 is 0. The smallest absolute Gasteiger partial charge is 0.250 e. The number of amides is 1. The number of aliphatic imine (C=N–C) groups is 1. The molecule has 0 saturated carbocycles. The lowest BCUT2D eigenvalue weighted by Gasteiger charge is -2.28. The molecule has 0 unspecified atom stereocenters. The van der Waals surface area contributed by atoms with Crippen LogP contribution in [0.5, 0.6) is 0 Å². The molecule has 0 spiro atoms. The number of hydrogen-bond donors (Lipinski definition) is 0. The fourth-order valence-electron chi connectivity index (χ4n) is 1.61. The van der Waals surface area contributed by atoms with Gasteiger partial charge in [-0.2, -0.15) is 0 Å². The van der Waals surface area contributed by atoms with Crippen molar-refractivity contribution >= 4 is 12.2 Å². The van der Waals surface area contributed by atoms with Crippen molar-refractivity contribution in [1.29, 1.82) is 0 Å². The lowest BCUT2D eigenvalue weighted by molar-refractivity contribution is -0.122. The Morgan fingerprint density at radius 2 is 2.07 bits per heavy atom. The summed E-state index contributed by atoms with van der Waals surface area (Å²) in [4.78, 5) is 19.5. The molecule has 84 valence electrons. The fourth-order valence-corrected chi connectivity index (χ4v) is 1.61. The lowest BCUT2D eigenvalue weighted by Crippen LogP contribution is -2.32. The van der Waals surface area contributed by atoms with Crippen LogP contribution in [0.1, 0.15) is 12.8 Å². The average Bonchev–Trinajstić information content (AvgIpc) is 2.26. The maximum absolute atomic E-state index is 11.6. The minimum atomic E-state index is 0.00686. The Bertz CT molecular complexity index is 253. The van der Waals surface area contributed by atoms with Gasteiger partial charge in [0, 0.05) is 33.1 Å². The second kappa shape index (κ2) is 5.53. The van der Waals surface area contributed by atoms with Crippen molar-refractivity contribution in [3.63, 3.8) is 0 Å². The third-order valence-corrected chi connectivity index (χ3v) is 2.55. The van der Waals surface area contributed by atoms with Crippen LogP contribution in [0, 0.1) is 5.92 Å². The number of carbonyl (C=O) groups is 1. The number of carbonyl (C=O) groups excluding carboxylic acids is 1. The number of likely N-dealkylation sites (tertiary alicyclic amines) is 1. The molecule has 1 amide bonds. The van der Waals surface area contributed by atoms with Gasteiger partial charge in [-0.1, -0.05) is 6.58 Å². The van der Waals surface area contributed by atoms with Gasteiger partial charge < -0.3 is 9.80 Å². The SMILES string of the molecule is C=CN1CCC(C(=O)N=CN(C)C)CC1. The van der Waals surface area contributed by atoms with Gasteiger partial charge in [0.25, 0.3) is 0 Å². The molecule has 4 heteroatoms. The van der Waals surface area contributed by atoms with Gasteiger partial charge in [-0.05, 0) is 19.0 Å². The standard InChI is InChI=1S/C11H19N3O/c1-4-14-7-5-10(6-8-14)11(15)12-9-13(2)3/h4,9-10H,1,5-8H2,2-3H3. The highest BCUT2D eigenvalue weighted by molar-refractivity contribution is 5.86. The fraction of sp³-hybridized carbons (Fsp3) is 0.636. The molecule has 0 aliphatic carbocycles. The van der Waals surface area contributed by atoms with Crippen molar-refractivity contribution in [1.82, 2.24) is 9.80 Å². The van der Waals surface area contributed by atoms with Crippen LogP contribution in [0.3, 0.4) is 0 Å². The quantitative estimate of drug-likeness (QED) is 0.513. The first-order valence-corrected chi connectivity index (χ1v) is 5.24. The van der Waals surface area contributed by atoms with E-state index in [1.54, 1.807) is 11.2 Å². The minimum Gasteiger partial charge on any atom is -0.378 e. The van der Waals surface area contributed by atoms with Crippen molar-refractivity contribution in [2.24, 2.45) is 10.9 Å². The maximum atomic E-state index is 11.6. The second-order valence-corrected chi connectivity index (χ2v) is 4.04. The molecule has 0 aromatic heterocycles. The average molecular weight is 209 g/mol. The van der Waals surface area contributed by atoms with Crippen LogP contribution in [-0.2, 0) is 4.79 Å². The highest BCUT2D eigenvalue weighted by atomic mass is 16.1. The first-order chi connectivity index (χ1) is 7.13. The van der Waals surface area contributed by atoms with Gasteiger partial charge in [0.15, 0.2) is 0 Å². The molecule has 0 bridgehead atoms. The molecule has 1 rings (SSSR count). The molecule has 1 fully saturated rings. The molecule has 1 heterocycles. The molecule has 15 heavy (non-hydrogen) atoms. The number of piperidine rings is 1. The maximum Gasteiger partial charge on any atom is 0.250 e. The Morgan fingerprint density at radius 3 is 2.53 bits per heavy atom. The van der Waals surface area contributed by atoms with Crippen LogP contribution in [-0.4, -0.2) is 49.2 Å². The monoisotopic (exact) mass is 209 g/mol. The van der Waals surface area contributed by atoms with Gasteiger partial charge in [0.05, 0.1) is 6.34 Å². The van der Waals surface area contributed by atoms with Crippen LogP contribution < -0.4 is 0 Å². The minimum absolute atomic E-state index is 0.00686. The Morgan fingerprint density at radius 1 is 1.47 bits per heavy atom. The van der Waals surface area contributed by atoms with E-state index in [4.69, 9.17) is 0 Å². The predicted octanol–water partition coefficient (Wildman–Crippen LogP) is 0.958. The highest BCUT2D eigenvalue weighted by Gasteiger charge is 2.22. The van der Waals surface area contributed by atoms with Gasteiger partial charge in [-0.15, -0.1) is 0 Å². The molecule has 0 N–H and O–H groups in total. The predicted molar refractivity (Wildman–Crippen MR) is 61.7 cm³/mol. The van der Waals surface area contributed by atoms with E-state index in [1.165, 1.54) is 0 Å². The Kier molecular flexibility index (Phi) is 4.34. The van der Waals surface area contributed by atoms with E-state index in [0.717, 1.165) is 25.9 Å². The Balaban J connectivity index is 2.39. The van der Waals surface area contributed by atoms with E-state index in [0.29, 0.717) is 0 Å². The van der Waals surface area contributed by atoms with Gasteiger partial charge in [-0.3, -0.25) is 4.79 Å².